The minimum Gasteiger partial charge on any atom is -0.494 e. The third-order valence-electron chi connectivity index (χ3n) is 6.08. The fourth-order valence-electron chi connectivity index (χ4n) is 4.49. The number of ether oxygens (including phenoxy) is 4. The number of halogens is 1. The molecule has 2 aromatic rings. The lowest BCUT2D eigenvalue weighted by Crippen LogP contribution is -2.52. The largest absolute Gasteiger partial charge is 0.494 e. The highest BCUT2D eigenvalue weighted by Gasteiger charge is 2.47. The summed E-state index contributed by atoms with van der Waals surface area (Å²) in [4.78, 5) is 23.9. The van der Waals surface area contributed by atoms with Gasteiger partial charge in [0.05, 0.1) is 12.7 Å². The Balaban J connectivity index is 1.94. The molecule has 2 aromatic carbocycles. The van der Waals surface area contributed by atoms with Crippen molar-refractivity contribution in [1.82, 2.24) is 0 Å². The van der Waals surface area contributed by atoms with E-state index in [9.17, 15) is 9.59 Å². The monoisotopic (exact) mass is 532 g/mol. The van der Waals surface area contributed by atoms with E-state index in [-0.39, 0.29) is 12.0 Å². The lowest BCUT2D eigenvalue weighted by molar-refractivity contribution is -0.225. The van der Waals surface area contributed by atoms with Crippen molar-refractivity contribution >= 4 is 27.9 Å². The molecular weight excluding hydrogens is 500 g/mol. The summed E-state index contributed by atoms with van der Waals surface area (Å²) in [6.07, 6.45) is -0.576. The van der Waals surface area contributed by atoms with Crippen molar-refractivity contribution < 1.29 is 28.5 Å². The highest BCUT2D eigenvalue weighted by molar-refractivity contribution is 9.10. The average molecular weight is 533 g/mol. The number of esters is 2. The Labute approximate surface area is 210 Å². The Bertz CT molecular complexity index is 989. The summed E-state index contributed by atoms with van der Waals surface area (Å²) in [5, 5.41) is 0. The van der Waals surface area contributed by atoms with Crippen molar-refractivity contribution in [2.45, 2.75) is 71.9 Å². The van der Waals surface area contributed by atoms with Gasteiger partial charge in [-0.3, -0.25) is 9.59 Å². The molecule has 184 valence electrons. The highest BCUT2D eigenvalue weighted by Crippen LogP contribution is 2.40. The molecule has 0 aliphatic carbocycles. The van der Waals surface area contributed by atoms with Gasteiger partial charge in [-0.1, -0.05) is 54.0 Å². The van der Waals surface area contributed by atoms with Crippen molar-refractivity contribution in [3.8, 4) is 5.75 Å². The van der Waals surface area contributed by atoms with E-state index >= 15 is 0 Å². The van der Waals surface area contributed by atoms with Crippen LogP contribution in [0.15, 0.2) is 46.9 Å². The summed E-state index contributed by atoms with van der Waals surface area (Å²) in [5.41, 5.74) is 3.08. The number of rotatable bonds is 8. The smallest absolute Gasteiger partial charge is 0.303 e. The lowest BCUT2D eigenvalue weighted by Gasteiger charge is -2.44. The molecule has 0 unspecified atom stereocenters. The molecule has 3 rings (SSSR count). The van der Waals surface area contributed by atoms with Crippen LogP contribution < -0.4 is 4.74 Å². The van der Waals surface area contributed by atoms with E-state index in [1.54, 1.807) is 0 Å². The second-order valence-corrected chi connectivity index (χ2v) is 9.47. The molecule has 0 N–H and O–H groups in total. The molecule has 0 bridgehead atoms. The van der Waals surface area contributed by atoms with Crippen LogP contribution in [0.1, 0.15) is 63.8 Å². The van der Waals surface area contributed by atoms with Crippen LogP contribution in [0.2, 0.25) is 0 Å². The number of carbonyl (C=O) groups is 2. The van der Waals surface area contributed by atoms with Gasteiger partial charge < -0.3 is 18.9 Å². The van der Waals surface area contributed by atoms with Gasteiger partial charge in [0.15, 0.2) is 6.10 Å². The molecule has 0 saturated carbocycles. The van der Waals surface area contributed by atoms with E-state index in [0.29, 0.717) is 13.0 Å². The summed E-state index contributed by atoms with van der Waals surface area (Å²) in [6.45, 7) is 9.32. The van der Waals surface area contributed by atoms with Crippen LogP contribution in [0.4, 0.5) is 0 Å². The molecule has 0 spiro atoms. The Kier molecular flexibility index (Phi) is 9.14. The summed E-state index contributed by atoms with van der Waals surface area (Å²) < 4.78 is 24.3. The molecule has 0 aromatic heterocycles. The van der Waals surface area contributed by atoms with E-state index in [0.717, 1.165) is 33.3 Å². The van der Waals surface area contributed by atoms with Crippen molar-refractivity contribution in [2.24, 2.45) is 5.92 Å². The zero-order valence-corrected chi connectivity index (χ0v) is 22.0. The quantitative estimate of drug-likeness (QED) is 0.401. The van der Waals surface area contributed by atoms with E-state index in [2.05, 4.69) is 34.1 Å². The summed E-state index contributed by atoms with van der Waals surface area (Å²) in [5.74, 6) is -0.121. The van der Waals surface area contributed by atoms with Gasteiger partial charge in [0, 0.05) is 24.2 Å². The van der Waals surface area contributed by atoms with Crippen molar-refractivity contribution in [3.63, 3.8) is 0 Å². The molecule has 1 aliphatic rings. The standard InChI is InChI=1S/C27H33BrO6/c1-6-24-16(3)25(32-17(4)29)27(33-18(5)30)26(34-24)20-10-13-23(28)21(15-20)14-19-8-11-22(12-9-19)31-7-2/h8-13,15-16,24-27H,6-7,14H2,1-5H3/t16-,24-,25+,26+,27-/m1/s1. The topological polar surface area (TPSA) is 71.1 Å². The maximum Gasteiger partial charge on any atom is 0.303 e. The molecule has 7 heteroatoms. The van der Waals surface area contributed by atoms with Gasteiger partial charge in [-0.15, -0.1) is 0 Å². The fourth-order valence-corrected chi connectivity index (χ4v) is 4.88. The Morgan fingerprint density at radius 3 is 2.21 bits per heavy atom. The number of carbonyl (C=O) groups excluding carboxylic acids is 2. The normalized spacial score (nSPS) is 24.4. The molecule has 1 heterocycles. The van der Waals surface area contributed by atoms with Crippen LogP contribution >= 0.6 is 15.9 Å². The van der Waals surface area contributed by atoms with Gasteiger partial charge in [-0.05, 0) is 54.7 Å². The fraction of sp³-hybridized carbons (Fsp3) is 0.481. The van der Waals surface area contributed by atoms with E-state index < -0.39 is 30.3 Å². The first-order valence-corrected chi connectivity index (χ1v) is 12.5. The van der Waals surface area contributed by atoms with E-state index in [1.165, 1.54) is 13.8 Å². The second-order valence-electron chi connectivity index (χ2n) is 8.62. The molecule has 5 atom stereocenters. The van der Waals surface area contributed by atoms with Gasteiger partial charge in [0.2, 0.25) is 0 Å². The van der Waals surface area contributed by atoms with Gasteiger partial charge in [0.25, 0.3) is 0 Å². The Morgan fingerprint density at radius 2 is 1.62 bits per heavy atom. The number of hydrogen-bond donors (Lipinski definition) is 0. The molecule has 1 saturated heterocycles. The molecule has 0 amide bonds. The molecule has 34 heavy (non-hydrogen) atoms. The minimum atomic E-state index is -0.737. The first-order valence-electron chi connectivity index (χ1n) is 11.7. The first kappa shape index (κ1) is 26.2. The summed E-state index contributed by atoms with van der Waals surface area (Å²) >= 11 is 3.67. The Morgan fingerprint density at radius 1 is 0.971 bits per heavy atom. The van der Waals surface area contributed by atoms with Crippen molar-refractivity contribution in [1.29, 1.82) is 0 Å². The molecular formula is C27H33BrO6. The maximum absolute atomic E-state index is 12.0. The Hall–Kier alpha value is -2.38. The van der Waals surface area contributed by atoms with E-state index in [4.69, 9.17) is 18.9 Å². The maximum atomic E-state index is 12.0. The highest BCUT2D eigenvalue weighted by atomic mass is 79.9. The van der Waals surface area contributed by atoms with Gasteiger partial charge in [0.1, 0.15) is 18.0 Å². The lowest BCUT2D eigenvalue weighted by atomic mass is 9.84. The molecule has 1 aliphatic heterocycles. The van der Waals surface area contributed by atoms with Crippen molar-refractivity contribution in [2.75, 3.05) is 6.61 Å². The third kappa shape index (κ3) is 6.39. The van der Waals surface area contributed by atoms with Crippen LogP contribution in [0.25, 0.3) is 0 Å². The van der Waals surface area contributed by atoms with Crippen LogP contribution in [0, 0.1) is 5.92 Å². The minimum absolute atomic E-state index is 0.117. The average Bonchev–Trinajstić information content (AvgIpc) is 2.79. The van der Waals surface area contributed by atoms with E-state index in [1.807, 2.05) is 45.0 Å². The molecule has 1 fully saturated rings. The summed E-state index contributed by atoms with van der Waals surface area (Å²) in [7, 11) is 0. The van der Waals surface area contributed by atoms with Crippen LogP contribution in [-0.4, -0.2) is 36.9 Å². The number of hydrogen-bond acceptors (Lipinski definition) is 6. The van der Waals surface area contributed by atoms with Crippen LogP contribution in [0.3, 0.4) is 0 Å². The summed E-state index contributed by atoms with van der Waals surface area (Å²) in [6, 6.07) is 14.0. The number of benzene rings is 2. The molecule has 6 nitrogen and oxygen atoms in total. The zero-order chi connectivity index (χ0) is 24.8. The first-order chi connectivity index (χ1) is 16.2. The van der Waals surface area contributed by atoms with Gasteiger partial charge >= 0.3 is 11.9 Å². The zero-order valence-electron chi connectivity index (χ0n) is 20.4. The van der Waals surface area contributed by atoms with Gasteiger partial charge in [-0.25, -0.2) is 0 Å². The third-order valence-corrected chi connectivity index (χ3v) is 6.86. The van der Waals surface area contributed by atoms with Gasteiger partial charge in [-0.2, -0.15) is 0 Å². The predicted octanol–water partition coefficient (Wildman–Crippen LogP) is 5.79. The second kappa shape index (κ2) is 11.8. The predicted molar refractivity (Wildman–Crippen MR) is 133 cm³/mol. The van der Waals surface area contributed by atoms with Crippen LogP contribution in [0.5, 0.6) is 5.75 Å². The molecule has 0 radical (unpaired) electrons. The van der Waals surface area contributed by atoms with Crippen LogP contribution in [-0.2, 0) is 30.2 Å². The van der Waals surface area contributed by atoms with Crippen molar-refractivity contribution in [3.05, 3.63) is 63.6 Å². The SMILES string of the molecule is CCOc1ccc(Cc2cc([C@@H]3O[C@H](CC)[C@@H](C)[C@H](OC(C)=O)[C@H]3OC(C)=O)ccc2Br)cc1.